The van der Waals surface area contributed by atoms with Gasteiger partial charge in [0.05, 0.1) is 18.1 Å². The smallest absolute Gasteiger partial charge is 0.267 e. The predicted molar refractivity (Wildman–Crippen MR) is 120 cm³/mol. The maximum absolute atomic E-state index is 11.9. The van der Waals surface area contributed by atoms with Crippen molar-refractivity contribution in [3.05, 3.63) is 54.3 Å². The second-order valence-corrected chi connectivity index (χ2v) is 8.12. The van der Waals surface area contributed by atoms with Gasteiger partial charge in [0.2, 0.25) is 0 Å². The molecule has 0 saturated carbocycles. The fraction of sp³-hybridized carbons (Fsp3) is 0.478. The number of rotatable bonds is 8. The Kier molecular flexibility index (Phi) is 8.13. The third-order valence-corrected chi connectivity index (χ3v) is 5.49. The van der Waals surface area contributed by atoms with E-state index in [1.165, 1.54) is 11.6 Å². The van der Waals surface area contributed by atoms with Gasteiger partial charge in [0.25, 0.3) is 5.91 Å². The van der Waals surface area contributed by atoms with E-state index < -0.39 is 0 Å². The molecule has 1 unspecified atom stereocenters. The first kappa shape index (κ1) is 22.3. The monoisotopic (exact) mass is 438 g/mol. The van der Waals surface area contributed by atoms with Crippen LogP contribution in [0.4, 0.5) is 5.82 Å². The van der Waals surface area contributed by atoms with E-state index in [1.54, 1.807) is 24.7 Å². The Morgan fingerprint density at radius 3 is 2.97 bits per heavy atom. The van der Waals surface area contributed by atoms with Crippen molar-refractivity contribution in [2.75, 3.05) is 25.0 Å². The summed E-state index contributed by atoms with van der Waals surface area (Å²) < 4.78 is 5.41. The van der Waals surface area contributed by atoms with E-state index in [-0.39, 0.29) is 12.2 Å². The molecular weight excluding hydrogens is 408 g/mol. The Balaban J connectivity index is 1.21. The summed E-state index contributed by atoms with van der Waals surface area (Å²) in [6.07, 6.45) is 14.8. The molecule has 9 heteroatoms. The molecule has 0 aliphatic carbocycles. The molecule has 2 aromatic heterocycles. The number of hydroxylamine groups is 1. The van der Waals surface area contributed by atoms with Crippen molar-refractivity contribution in [3.63, 3.8) is 0 Å². The molecule has 4 rings (SSSR count). The predicted octanol–water partition coefficient (Wildman–Crippen LogP) is 2.54. The summed E-state index contributed by atoms with van der Waals surface area (Å²) in [5.41, 5.74) is 4.22. The highest BCUT2D eigenvalue weighted by Gasteiger charge is 2.20. The number of amides is 1. The summed E-state index contributed by atoms with van der Waals surface area (Å²) in [4.78, 5) is 32.6. The zero-order valence-electron chi connectivity index (χ0n) is 18.2. The molecule has 170 valence electrons. The van der Waals surface area contributed by atoms with Crippen LogP contribution >= 0.6 is 0 Å². The van der Waals surface area contributed by atoms with Crippen molar-refractivity contribution in [1.82, 2.24) is 25.3 Å². The molecule has 2 aliphatic heterocycles. The standard InChI is InChI=1S/C23H30N6O3/c30-22(28-32-23-7-1-2-12-31-23)9-8-19-14-26-21(15-25-19)27-20-6-4-11-29(17-20)16-18-5-3-10-24-13-18/h3,5,8-10,13-15,20,23H,1-2,4,6-7,11-12,16-17H2,(H,26,27)(H,28,30)/b9-8+/t20-,23?/m1/s1. The van der Waals surface area contributed by atoms with Gasteiger partial charge in [0.1, 0.15) is 5.82 Å². The fourth-order valence-electron chi connectivity index (χ4n) is 3.90. The molecule has 0 aromatic carbocycles. The minimum Gasteiger partial charge on any atom is -0.365 e. The maximum Gasteiger partial charge on any atom is 0.267 e. The van der Waals surface area contributed by atoms with Crippen LogP contribution in [-0.2, 0) is 20.9 Å². The number of carbonyl (C=O) groups is 1. The van der Waals surface area contributed by atoms with Crippen LogP contribution in [0.3, 0.4) is 0 Å². The Morgan fingerprint density at radius 1 is 1.22 bits per heavy atom. The average Bonchev–Trinajstić information content (AvgIpc) is 2.84. The van der Waals surface area contributed by atoms with Crippen LogP contribution in [0.15, 0.2) is 43.0 Å². The van der Waals surface area contributed by atoms with Crippen LogP contribution in [0.5, 0.6) is 0 Å². The molecule has 1 amide bonds. The number of aromatic nitrogens is 3. The van der Waals surface area contributed by atoms with Gasteiger partial charge in [-0.3, -0.25) is 19.7 Å². The third kappa shape index (κ3) is 7.08. The number of hydrogen-bond donors (Lipinski definition) is 2. The zero-order chi connectivity index (χ0) is 22.0. The first-order chi connectivity index (χ1) is 15.7. The third-order valence-electron chi connectivity index (χ3n) is 5.49. The van der Waals surface area contributed by atoms with E-state index in [1.807, 2.05) is 12.3 Å². The Bertz CT molecular complexity index is 871. The summed E-state index contributed by atoms with van der Waals surface area (Å²) in [6, 6.07) is 4.40. The van der Waals surface area contributed by atoms with Gasteiger partial charge in [-0.25, -0.2) is 15.3 Å². The van der Waals surface area contributed by atoms with Crippen molar-refractivity contribution >= 4 is 17.8 Å². The molecule has 2 saturated heterocycles. The van der Waals surface area contributed by atoms with Gasteiger partial charge in [-0.1, -0.05) is 6.07 Å². The number of piperidine rings is 1. The highest BCUT2D eigenvalue weighted by molar-refractivity contribution is 5.90. The van der Waals surface area contributed by atoms with Gasteiger partial charge < -0.3 is 10.1 Å². The van der Waals surface area contributed by atoms with Crippen LogP contribution < -0.4 is 10.8 Å². The normalized spacial score (nSPS) is 22.0. The number of hydrogen-bond acceptors (Lipinski definition) is 8. The highest BCUT2D eigenvalue weighted by Crippen LogP contribution is 2.17. The van der Waals surface area contributed by atoms with Gasteiger partial charge in [-0.05, 0) is 49.9 Å². The Hall–Kier alpha value is -2.88. The molecule has 0 radical (unpaired) electrons. The van der Waals surface area contributed by atoms with E-state index in [2.05, 4.69) is 36.7 Å². The second kappa shape index (κ2) is 11.7. The SMILES string of the molecule is O=C(/C=C/c1cnc(N[C@@H]2CCCN(Cc3cccnc3)C2)cn1)NOC1CCCCO1. The molecule has 2 aliphatic rings. The molecule has 2 atom stereocenters. The summed E-state index contributed by atoms with van der Waals surface area (Å²) in [5, 5.41) is 3.48. The summed E-state index contributed by atoms with van der Waals surface area (Å²) in [5.74, 6) is 0.372. The van der Waals surface area contributed by atoms with Crippen LogP contribution in [0, 0.1) is 0 Å². The summed E-state index contributed by atoms with van der Waals surface area (Å²) in [7, 11) is 0. The largest absolute Gasteiger partial charge is 0.365 e. The van der Waals surface area contributed by atoms with E-state index in [0.717, 1.165) is 57.6 Å². The van der Waals surface area contributed by atoms with Crippen molar-refractivity contribution in [3.8, 4) is 0 Å². The van der Waals surface area contributed by atoms with Crippen LogP contribution in [0.25, 0.3) is 6.08 Å². The van der Waals surface area contributed by atoms with E-state index in [4.69, 9.17) is 9.57 Å². The van der Waals surface area contributed by atoms with E-state index in [0.29, 0.717) is 18.3 Å². The molecule has 9 nitrogen and oxygen atoms in total. The first-order valence-electron chi connectivity index (χ1n) is 11.2. The molecular formula is C23H30N6O3. The average molecular weight is 439 g/mol. The van der Waals surface area contributed by atoms with Gasteiger partial charge >= 0.3 is 0 Å². The lowest BCUT2D eigenvalue weighted by atomic mass is 10.1. The number of nitrogens with zero attached hydrogens (tertiary/aromatic N) is 4. The lowest BCUT2D eigenvalue weighted by molar-refractivity contribution is -0.198. The lowest BCUT2D eigenvalue weighted by Crippen LogP contribution is -2.41. The molecule has 2 fully saturated rings. The highest BCUT2D eigenvalue weighted by atomic mass is 16.8. The van der Waals surface area contributed by atoms with Crippen molar-refractivity contribution in [1.29, 1.82) is 0 Å². The number of ether oxygens (including phenoxy) is 1. The quantitative estimate of drug-likeness (QED) is 0.479. The van der Waals surface area contributed by atoms with Crippen LogP contribution in [0.2, 0.25) is 0 Å². The fourth-order valence-corrected chi connectivity index (χ4v) is 3.90. The van der Waals surface area contributed by atoms with Crippen molar-refractivity contribution in [2.45, 2.75) is 51.0 Å². The minimum absolute atomic E-state index is 0.320. The molecule has 0 spiro atoms. The van der Waals surface area contributed by atoms with Crippen LogP contribution in [0.1, 0.15) is 43.4 Å². The Labute approximate surface area is 188 Å². The van der Waals surface area contributed by atoms with Gasteiger partial charge in [-0.2, -0.15) is 0 Å². The van der Waals surface area contributed by atoms with Gasteiger partial charge in [0.15, 0.2) is 6.29 Å². The van der Waals surface area contributed by atoms with Crippen molar-refractivity contribution < 1.29 is 14.4 Å². The maximum atomic E-state index is 11.9. The number of pyridine rings is 1. The lowest BCUT2D eigenvalue weighted by Gasteiger charge is -2.33. The second-order valence-electron chi connectivity index (χ2n) is 8.12. The van der Waals surface area contributed by atoms with Gasteiger partial charge in [-0.15, -0.1) is 0 Å². The number of anilines is 1. The molecule has 0 bridgehead atoms. The molecule has 4 heterocycles. The zero-order valence-corrected chi connectivity index (χ0v) is 18.2. The minimum atomic E-state index is -0.369. The van der Waals surface area contributed by atoms with E-state index in [9.17, 15) is 4.79 Å². The van der Waals surface area contributed by atoms with E-state index >= 15 is 0 Å². The Morgan fingerprint density at radius 2 is 2.19 bits per heavy atom. The molecule has 32 heavy (non-hydrogen) atoms. The summed E-state index contributed by atoms with van der Waals surface area (Å²) >= 11 is 0. The topological polar surface area (TPSA) is 102 Å². The number of carbonyl (C=O) groups excluding carboxylic acids is 1. The number of nitrogens with one attached hydrogen (secondary N) is 2. The number of likely N-dealkylation sites (tertiary alicyclic amines) is 1. The van der Waals surface area contributed by atoms with Gasteiger partial charge in [0, 0.05) is 50.6 Å². The first-order valence-corrected chi connectivity index (χ1v) is 11.2. The summed E-state index contributed by atoms with van der Waals surface area (Å²) in [6.45, 7) is 3.60. The van der Waals surface area contributed by atoms with Crippen LogP contribution in [-0.4, -0.2) is 57.8 Å². The molecule has 2 aromatic rings. The molecule has 2 N–H and O–H groups in total. The van der Waals surface area contributed by atoms with Crippen molar-refractivity contribution in [2.24, 2.45) is 0 Å².